The number of carbonyl (C=O) groups is 1. The van der Waals surface area contributed by atoms with Crippen LogP contribution in [0.2, 0.25) is 5.02 Å². The number of aryl methyl sites for hydroxylation is 2. The highest BCUT2D eigenvalue weighted by molar-refractivity contribution is 6.30. The van der Waals surface area contributed by atoms with E-state index in [0.29, 0.717) is 22.2 Å². The SMILES string of the molecule is Cc1ccc(-c2noc(COC(=O)c3nn(-c4ccc(Cl)cc4)c(C)cc3=O)n2)cc1. The van der Waals surface area contributed by atoms with Gasteiger partial charge >= 0.3 is 5.97 Å². The summed E-state index contributed by atoms with van der Waals surface area (Å²) in [7, 11) is 0. The zero-order chi connectivity index (χ0) is 22.0. The van der Waals surface area contributed by atoms with Crippen LogP contribution in [0.4, 0.5) is 0 Å². The predicted octanol–water partition coefficient (Wildman–Crippen LogP) is 3.91. The van der Waals surface area contributed by atoms with Crippen molar-refractivity contribution in [2.75, 3.05) is 0 Å². The van der Waals surface area contributed by atoms with E-state index in [4.69, 9.17) is 20.9 Å². The van der Waals surface area contributed by atoms with Crippen LogP contribution in [0, 0.1) is 13.8 Å². The number of rotatable bonds is 5. The van der Waals surface area contributed by atoms with Gasteiger partial charge in [-0.05, 0) is 38.1 Å². The van der Waals surface area contributed by atoms with Gasteiger partial charge < -0.3 is 9.26 Å². The zero-order valence-electron chi connectivity index (χ0n) is 16.7. The highest BCUT2D eigenvalue weighted by Crippen LogP contribution is 2.17. The lowest BCUT2D eigenvalue weighted by Crippen LogP contribution is -2.24. The van der Waals surface area contributed by atoms with E-state index in [1.165, 1.54) is 10.7 Å². The van der Waals surface area contributed by atoms with Crippen LogP contribution < -0.4 is 5.43 Å². The molecule has 0 amide bonds. The number of halogens is 1. The van der Waals surface area contributed by atoms with Gasteiger partial charge in [-0.15, -0.1) is 0 Å². The summed E-state index contributed by atoms with van der Waals surface area (Å²) in [5.74, 6) is -0.401. The summed E-state index contributed by atoms with van der Waals surface area (Å²) in [6, 6.07) is 15.8. The molecule has 0 radical (unpaired) electrons. The lowest BCUT2D eigenvalue weighted by molar-refractivity contribution is 0.0419. The first-order valence-electron chi connectivity index (χ1n) is 9.34. The number of benzene rings is 2. The third-order valence-electron chi connectivity index (χ3n) is 4.48. The molecule has 0 atom stereocenters. The molecular weight excluding hydrogens is 420 g/mol. The molecule has 2 heterocycles. The lowest BCUT2D eigenvalue weighted by Gasteiger charge is -2.10. The Morgan fingerprint density at radius 1 is 1.10 bits per heavy atom. The van der Waals surface area contributed by atoms with Gasteiger partial charge in [0.05, 0.1) is 5.69 Å². The summed E-state index contributed by atoms with van der Waals surface area (Å²) in [5.41, 5.74) is 2.20. The van der Waals surface area contributed by atoms with Gasteiger partial charge in [-0.2, -0.15) is 10.1 Å². The second-order valence-electron chi connectivity index (χ2n) is 6.84. The number of aromatic nitrogens is 4. The van der Waals surface area contributed by atoms with Gasteiger partial charge in [0, 0.05) is 22.3 Å². The maximum atomic E-state index is 12.5. The predicted molar refractivity (Wildman–Crippen MR) is 113 cm³/mol. The average Bonchev–Trinajstić information content (AvgIpc) is 3.22. The number of nitrogens with zero attached hydrogens (tertiary/aromatic N) is 4. The summed E-state index contributed by atoms with van der Waals surface area (Å²) in [6.07, 6.45) is 0. The minimum atomic E-state index is -0.886. The zero-order valence-corrected chi connectivity index (χ0v) is 17.5. The molecule has 8 nitrogen and oxygen atoms in total. The number of carbonyl (C=O) groups excluding carboxylic acids is 1. The molecule has 0 spiro atoms. The molecule has 0 saturated carbocycles. The number of ether oxygens (including phenoxy) is 1. The second-order valence-corrected chi connectivity index (χ2v) is 7.28. The van der Waals surface area contributed by atoms with E-state index in [-0.39, 0.29) is 18.2 Å². The van der Waals surface area contributed by atoms with Gasteiger partial charge in [0.1, 0.15) is 0 Å². The molecule has 31 heavy (non-hydrogen) atoms. The molecule has 0 aliphatic carbocycles. The molecule has 0 fully saturated rings. The van der Waals surface area contributed by atoms with E-state index in [1.807, 2.05) is 31.2 Å². The van der Waals surface area contributed by atoms with Gasteiger partial charge in [-0.25, -0.2) is 9.48 Å². The Kier molecular flexibility index (Phi) is 5.64. The normalized spacial score (nSPS) is 10.8. The first-order valence-corrected chi connectivity index (χ1v) is 9.72. The van der Waals surface area contributed by atoms with Gasteiger partial charge in [0.2, 0.25) is 16.9 Å². The van der Waals surface area contributed by atoms with Gasteiger partial charge in [0.25, 0.3) is 5.89 Å². The van der Waals surface area contributed by atoms with Crippen molar-refractivity contribution in [3.63, 3.8) is 0 Å². The lowest BCUT2D eigenvalue weighted by atomic mass is 10.1. The van der Waals surface area contributed by atoms with Gasteiger partial charge in [-0.3, -0.25) is 4.79 Å². The Balaban J connectivity index is 1.51. The van der Waals surface area contributed by atoms with Crippen molar-refractivity contribution in [2.45, 2.75) is 20.5 Å². The molecule has 4 aromatic rings. The molecule has 0 saturated heterocycles. The monoisotopic (exact) mass is 436 g/mol. The van der Waals surface area contributed by atoms with Crippen LogP contribution in [0.5, 0.6) is 0 Å². The highest BCUT2D eigenvalue weighted by atomic mass is 35.5. The fourth-order valence-electron chi connectivity index (χ4n) is 2.86. The second kappa shape index (κ2) is 8.53. The molecule has 156 valence electrons. The van der Waals surface area contributed by atoms with Crippen LogP contribution in [-0.2, 0) is 11.3 Å². The third-order valence-corrected chi connectivity index (χ3v) is 4.73. The van der Waals surface area contributed by atoms with Crippen molar-refractivity contribution in [2.24, 2.45) is 0 Å². The van der Waals surface area contributed by atoms with Crippen molar-refractivity contribution in [1.29, 1.82) is 0 Å². The van der Waals surface area contributed by atoms with Crippen LogP contribution in [-0.4, -0.2) is 25.9 Å². The molecule has 4 rings (SSSR count). The molecule has 0 bridgehead atoms. The fraction of sp³-hybridized carbons (Fsp3) is 0.136. The van der Waals surface area contributed by atoms with E-state index in [2.05, 4.69) is 15.2 Å². The Bertz CT molecular complexity index is 1290. The standard InChI is InChI=1S/C22H17ClN4O4/c1-13-3-5-15(6-4-13)21-24-19(31-26-21)12-30-22(29)20-18(28)11-14(2)27(25-20)17-9-7-16(23)8-10-17/h3-11H,12H2,1-2H3. The summed E-state index contributed by atoms with van der Waals surface area (Å²) < 4.78 is 11.8. The first kappa shape index (κ1) is 20.5. The summed E-state index contributed by atoms with van der Waals surface area (Å²) in [6.45, 7) is 3.40. The molecule has 0 aliphatic rings. The molecule has 0 aliphatic heterocycles. The molecule has 2 aromatic carbocycles. The largest absolute Gasteiger partial charge is 0.451 e. The smallest absolute Gasteiger partial charge is 0.363 e. The fourth-order valence-corrected chi connectivity index (χ4v) is 2.99. The minimum Gasteiger partial charge on any atom is -0.451 e. The number of hydrogen-bond donors (Lipinski definition) is 0. The van der Waals surface area contributed by atoms with Crippen molar-refractivity contribution in [1.82, 2.24) is 19.9 Å². The Morgan fingerprint density at radius 2 is 1.81 bits per heavy atom. The van der Waals surface area contributed by atoms with Crippen LogP contribution >= 0.6 is 11.6 Å². The topological polar surface area (TPSA) is 100 Å². The minimum absolute atomic E-state index is 0.106. The maximum absolute atomic E-state index is 12.5. The van der Waals surface area contributed by atoms with Crippen molar-refractivity contribution in [3.8, 4) is 17.1 Å². The molecule has 0 unspecified atom stereocenters. The number of hydrogen-bond acceptors (Lipinski definition) is 7. The maximum Gasteiger partial charge on any atom is 0.363 e. The average molecular weight is 437 g/mol. The van der Waals surface area contributed by atoms with Crippen LogP contribution in [0.1, 0.15) is 27.6 Å². The van der Waals surface area contributed by atoms with Crippen LogP contribution in [0.25, 0.3) is 17.1 Å². The number of esters is 1. The van der Waals surface area contributed by atoms with E-state index >= 15 is 0 Å². The van der Waals surface area contributed by atoms with E-state index < -0.39 is 11.4 Å². The molecule has 0 N–H and O–H groups in total. The highest BCUT2D eigenvalue weighted by Gasteiger charge is 2.18. The van der Waals surface area contributed by atoms with E-state index in [1.54, 1.807) is 31.2 Å². The molecular formula is C22H17ClN4O4. The molecule has 9 heteroatoms. The van der Waals surface area contributed by atoms with Crippen LogP contribution in [0.3, 0.4) is 0 Å². The summed E-state index contributed by atoms with van der Waals surface area (Å²) >= 11 is 5.92. The van der Waals surface area contributed by atoms with Gasteiger partial charge in [0.15, 0.2) is 6.61 Å². The summed E-state index contributed by atoms with van der Waals surface area (Å²) in [4.78, 5) is 29.0. The van der Waals surface area contributed by atoms with Crippen LogP contribution in [0.15, 0.2) is 63.9 Å². The Morgan fingerprint density at radius 3 is 2.52 bits per heavy atom. The van der Waals surface area contributed by atoms with E-state index in [0.717, 1.165) is 11.1 Å². The van der Waals surface area contributed by atoms with Crippen molar-refractivity contribution >= 4 is 17.6 Å². The van der Waals surface area contributed by atoms with Crippen molar-refractivity contribution in [3.05, 3.63) is 92.7 Å². The van der Waals surface area contributed by atoms with Crippen molar-refractivity contribution < 1.29 is 14.1 Å². The Labute approximate surface area is 182 Å². The first-order chi connectivity index (χ1) is 14.9. The van der Waals surface area contributed by atoms with E-state index in [9.17, 15) is 9.59 Å². The third kappa shape index (κ3) is 4.54. The van der Waals surface area contributed by atoms with Gasteiger partial charge in [-0.1, -0.05) is 46.6 Å². The summed E-state index contributed by atoms with van der Waals surface area (Å²) in [5, 5.41) is 8.61. The quantitative estimate of drug-likeness (QED) is 0.437. The molecule has 2 aromatic heterocycles. The Hall–Kier alpha value is -3.78.